The Morgan fingerprint density at radius 1 is 1.03 bits per heavy atom. The van der Waals surface area contributed by atoms with E-state index in [9.17, 15) is 5.11 Å². The second-order valence-electron chi connectivity index (χ2n) is 8.71. The minimum Gasteiger partial charge on any atom is -0.497 e. The van der Waals surface area contributed by atoms with Gasteiger partial charge in [0.1, 0.15) is 24.2 Å². The lowest BCUT2D eigenvalue weighted by molar-refractivity contribution is 0.0599. The van der Waals surface area contributed by atoms with Gasteiger partial charge in [0.2, 0.25) is 0 Å². The molecule has 2 heterocycles. The maximum absolute atomic E-state index is 10.5. The molecule has 4 aromatic rings. The Hall–Kier alpha value is -3.02. The van der Waals surface area contributed by atoms with Crippen LogP contribution >= 0.6 is 0 Å². The molecule has 1 aliphatic heterocycles. The summed E-state index contributed by atoms with van der Waals surface area (Å²) in [6.45, 7) is 2.94. The second-order valence-corrected chi connectivity index (χ2v) is 8.71. The number of benzene rings is 3. The van der Waals surface area contributed by atoms with Crippen LogP contribution in [0.15, 0.2) is 66.9 Å². The van der Waals surface area contributed by atoms with Crippen molar-refractivity contribution in [2.24, 2.45) is 0 Å². The largest absolute Gasteiger partial charge is 0.497 e. The summed E-state index contributed by atoms with van der Waals surface area (Å²) >= 11 is 0. The average Bonchev–Trinajstić information content (AvgIpc) is 3.32. The Morgan fingerprint density at radius 2 is 1.84 bits per heavy atom. The maximum Gasteiger partial charge on any atom is 0.128 e. The second kappa shape index (κ2) is 9.23. The molecule has 0 radical (unpaired) electrons. The van der Waals surface area contributed by atoms with Crippen LogP contribution in [-0.2, 0) is 0 Å². The molecule has 1 fully saturated rings. The predicted octanol–water partition coefficient (Wildman–Crippen LogP) is 4.95. The van der Waals surface area contributed by atoms with Crippen LogP contribution in [0, 0.1) is 0 Å². The number of rotatable bonds is 7. The third kappa shape index (κ3) is 4.45. The molecule has 5 rings (SSSR count). The summed E-state index contributed by atoms with van der Waals surface area (Å²) in [5, 5.41) is 14.1. The zero-order chi connectivity index (χ0) is 21.9. The Labute approximate surface area is 188 Å². The van der Waals surface area contributed by atoms with Crippen molar-refractivity contribution < 1.29 is 14.6 Å². The first-order valence-corrected chi connectivity index (χ1v) is 11.4. The molecule has 1 atom stereocenters. The van der Waals surface area contributed by atoms with Crippen molar-refractivity contribution >= 4 is 21.7 Å². The van der Waals surface area contributed by atoms with Crippen molar-refractivity contribution in [3.05, 3.63) is 72.4 Å². The van der Waals surface area contributed by atoms with E-state index in [1.165, 1.54) is 16.3 Å². The van der Waals surface area contributed by atoms with Crippen LogP contribution in [0.25, 0.3) is 21.7 Å². The number of ether oxygens (including phenoxy) is 2. The molecular weight excluding hydrogens is 400 g/mol. The Kier molecular flexibility index (Phi) is 6.02. The maximum atomic E-state index is 10.5. The van der Waals surface area contributed by atoms with E-state index < -0.39 is 6.10 Å². The average molecular weight is 431 g/mol. The molecular formula is C27H30N2O3. The van der Waals surface area contributed by atoms with Gasteiger partial charge in [-0.15, -0.1) is 0 Å². The summed E-state index contributed by atoms with van der Waals surface area (Å²) in [6, 6.07) is 21.0. The van der Waals surface area contributed by atoms with Gasteiger partial charge in [0.15, 0.2) is 0 Å². The molecule has 5 nitrogen and oxygen atoms in total. The number of β-amino-alcohol motifs (C(OH)–C–C–N with tert-alkyl or cyclic N) is 1. The molecule has 5 heteroatoms. The first-order valence-electron chi connectivity index (χ1n) is 11.4. The fourth-order valence-corrected chi connectivity index (χ4v) is 4.79. The van der Waals surface area contributed by atoms with Crippen LogP contribution in [0.4, 0.5) is 0 Å². The summed E-state index contributed by atoms with van der Waals surface area (Å²) in [4.78, 5) is 5.54. The van der Waals surface area contributed by atoms with E-state index in [0.29, 0.717) is 19.1 Å². The number of aliphatic hydroxyl groups excluding tert-OH is 1. The molecule has 1 aliphatic rings. The van der Waals surface area contributed by atoms with Crippen LogP contribution in [-0.4, -0.2) is 54.4 Å². The van der Waals surface area contributed by atoms with Crippen molar-refractivity contribution in [2.75, 3.05) is 33.4 Å². The number of H-pyrrole nitrogens is 1. The summed E-state index contributed by atoms with van der Waals surface area (Å²) in [5.41, 5.74) is 2.46. The zero-order valence-corrected chi connectivity index (χ0v) is 18.5. The van der Waals surface area contributed by atoms with Crippen LogP contribution in [0.2, 0.25) is 0 Å². The quantitative estimate of drug-likeness (QED) is 0.436. The van der Waals surface area contributed by atoms with E-state index in [0.717, 1.165) is 48.3 Å². The van der Waals surface area contributed by atoms with E-state index in [1.54, 1.807) is 7.11 Å². The number of nitrogens with zero attached hydrogens (tertiary/aromatic N) is 1. The highest BCUT2D eigenvalue weighted by Gasteiger charge is 2.22. The molecule has 1 saturated heterocycles. The predicted molar refractivity (Wildman–Crippen MR) is 129 cm³/mol. The number of methoxy groups -OCH3 is 1. The molecule has 0 amide bonds. The number of aromatic amines is 1. The molecule has 32 heavy (non-hydrogen) atoms. The SMILES string of the molecule is COc1ccc2cc(C3CCN(C[C@H](O)COc4cccc5[nH]ccc45)CC3)ccc2c1. The van der Waals surface area contributed by atoms with Gasteiger partial charge in [0.25, 0.3) is 0 Å². The molecule has 166 valence electrons. The summed E-state index contributed by atoms with van der Waals surface area (Å²) in [5.74, 6) is 2.28. The van der Waals surface area contributed by atoms with E-state index >= 15 is 0 Å². The van der Waals surface area contributed by atoms with E-state index in [2.05, 4.69) is 40.2 Å². The van der Waals surface area contributed by atoms with Crippen LogP contribution in [0.5, 0.6) is 11.5 Å². The summed E-state index contributed by atoms with van der Waals surface area (Å²) < 4.78 is 11.3. The van der Waals surface area contributed by atoms with Gasteiger partial charge < -0.3 is 24.5 Å². The van der Waals surface area contributed by atoms with Gasteiger partial charge in [0, 0.05) is 23.6 Å². The van der Waals surface area contributed by atoms with Crippen molar-refractivity contribution in [3.8, 4) is 11.5 Å². The highest BCUT2D eigenvalue weighted by Crippen LogP contribution is 2.31. The standard InChI is InChI=1S/C27H30N2O3/c1-31-24-8-7-21-15-20(5-6-22(21)16-24)19-10-13-29(14-11-19)17-23(30)18-32-27-4-2-3-26-25(27)9-12-28-26/h2-9,12,15-16,19,23,28,30H,10-11,13-14,17-18H2,1H3/t23-/m0/s1. The smallest absolute Gasteiger partial charge is 0.128 e. The number of aromatic nitrogens is 1. The molecule has 2 N–H and O–H groups in total. The van der Waals surface area contributed by atoms with Crippen LogP contribution in [0.3, 0.4) is 0 Å². The van der Waals surface area contributed by atoms with Gasteiger partial charge in [-0.2, -0.15) is 0 Å². The summed E-state index contributed by atoms with van der Waals surface area (Å²) in [7, 11) is 1.70. The Bertz CT molecular complexity index is 1190. The third-order valence-corrected chi connectivity index (χ3v) is 6.59. The lowest BCUT2D eigenvalue weighted by Gasteiger charge is -2.33. The van der Waals surface area contributed by atoms with Crippen molar-refractivity contribution in [3.63, 3.8) is 0 Å². The van der Waals surface area contributed by atoms with Gasteiger partial charge in [-0.3, -0.25) is 0 Å². The number of piperidine rings is 1. The van der Waals surface area contributed by atoms with Crippen molar-refractivity contribution in [1.82, 2.24) is 9.88 Å². The molecule has 0 saturated carbocycles. The molecule has 3 aromatic carbocycles. The molecule has 1 aromatic heterocycles. The fraction of sp³-hybridized carbons (Fsp3) is 0.333. The normalized spacial score (nSPS) is 16.4. The molecule has 0 bridgehead atoms. The topological polar surface area (TPSA) is 57.7 Å². The highest BCUT2D eigenvalue weighted by molar-refractivity contribution is 5.86. The van der Waals surface area contributed by atoms with E-state index in [4.69, 9.17) is 9.47 Å². The van der Waals surface area contributed by atoms with E-state index in [-0.39, 0.29) is 0 Å². The number of hydrogen-bond acceptors (Lipinski definition) is 4. The van der Waals surface area contributed by atoms with Gasteiger partial charge in [0.05, 0.1) is 7.11 Å². The van der Waals surface area contributed by atoms with Crippen LogP contribution < -0.4 is 9.47 Å². The van der Waals surface area contributed by atoms with Crippen molar-refractivity contribution in [1.29, 1.82) is 0 Å². The summed E-state index contributed by atoms with van der Waals surface area (Å²) in [6.07, 6.45) is 3.62. The number of hydrogen-bond donors (Lipinski definition) is 2. The minimum absolute atomic E-state index is 0.304. The van der Waals surface area contributed by atoms with Gasteiger partial charge in [-0.1, -0.05) is 30.3 Å². The lowest BCUT2D eigenvalue weighted by Crippen LogP contribution is -2.40. The molecule has 0 spiro atoms. The lowest BCUT2D eigenvalue weighted by atomic mass is 9.88. The first-order chi connectivity index (χ1) is 15.7. The number of fused-ring (bicyclic) bond motifs is 2. The fourth-order valence-electron chi connectivity index (χ4n) is 4.79. The first kappa shape index (κ1) is 20.9. The van der Waals surface area contributed by atoms with Gasteiger partial charge in [-0.25, -0.2) is 0 Å². The Morgan fingerprint density at radius 3 is 2.69 bits per heavy atom. The number of nitrogens with one attached hydrogen (secondary N) is 1. The highest BCUT2D eigenvalue weighted by atomic mass is 16.5. The van der Waals surface area contributed by atoms with E-state index in [1.807, 2.05) is 36.5 Å². The number of aliphatic hydroxyl groups is 1. The zero-order valence-electron chi connectivity index (χ0n) is 18.5. The monoisotopic (exact) mass is 430 g/mol. The Balaban J connectivity index is 1.13. The van der Waals surface area contributed by atoms with Crippen LogP contribution in [0.1, 0.15) is 24.3 Å². The molecule has 0 unspecified atom stereocenters. The molecule has 0 aliphatic carbocycles. The number of likely N-dealkylation sites (tertiary alicyclic amines) is 1. The van der Waals surface area contributed by atoms with Crippen molar-refractivity contribution in [2.45, 2.75) is 24.9 Å². The third-order valence-electron chi connectivity index (χ3n) is 6.59. The van der Waals surface area contributed by atoms with Gasteiger partial charge in [-0.05, 0) is 78.5 Å². The minimum atomic E-state index is -0.503. The van der Waals surface area contributed by atoms with Gasteiger partial charge >= 0.3 is 0 Å².